The van der Waals surface area contributed by atoms with Crippen LogP contribution in [0.2, 0.25) is 5.02 Å². The Balaban J connectivity index is 0.000000872. The molecule has 9 heteroatoms. The maximum absolute atomic E-state index is 13.3. The molecule has 7 unspecified atom stereocenters. The molecule has 1 amide bonds. The number of anilines is 1. The number of benzene rings is 2. The molecule has 4 rings (SSSR count). The second-order valence-corrected chi connectivity index (χ2v) is 17.8. The van der Waals surface area contributed by atoms with Gasteiger partial charge >= 0.3 is 0 Å². The van der Waals surface area contributed by atoms with E-state index in [2.05, 4.69) is 89.2 Å². The third kappa shape index (κ3) is 11.5. The Bertz CT molecular complexity index is 1430. The third-order valence-electron chi connectivity index (χ3n) is 11.1. The van der Waals surface area contributed by atoms with E-state index in [-0.39, 0.29) is 23.0 Å². The number of nitrogens with one attached hydrogen (secondary N) is 1. The van der Waals surface area contributed by atoms with E-state index in [0.29, 0.717) is 41.9 Å². The van der Waals surface area contributed by atoms with Crippen molar-refractivity contribution >= 4 is 40.5 Å². The molecular weight excluding hydrogens is 666 g/mol. The highest BCUT2D eigenvalue weighted by atomic mass is 35.5. The molecule has 1 N–H and O–H groups in total. The van der Waals surface area contributed by atoms with E-state index in [0.717, 1.165) is 74.4 Å². The van der Waals surface area contributed by atoms with Gasteiger partial charge in [-0.15, -0.1) is 0 Å². The van der Waals surface area contributed by atoms with Crippen LogP contribution in [0.15, 0.2) is 36.4 Å². The first-order chi connectivity index (χ1) is 23.6. The number of ether oxygens (including phenoxy) is 1. The molecule has 0 aliphatic carbocycles. The number of carbonyl (C=O) groups excluding carboxylic acids is 2. The first-order valence-corrected chi connectivity index (χ1v) is 20.3. The largest absolute Gasteiger partial charge is 0.491 e. The van der Waals surface area contributed by atoms with Crippen molar-refractivity contribution in [3.63, 3.8) is 0 Å². The fourth-order valence-corrected chi connectivity index (χ4v) is 8.40. The van der Waals surface area contributed by atoms with Crippen molar-refractivity contribution in [2.45, 2.75) is 117 Å². The number of aldehydes is 1. The van der Waals surface area contributed by atoms with E-state index in [1.807, 2.05) is 25.1 Å². The minimum atomic E-state index is -1.51. The molecule has 0 aromatic heterocycles. The molecule has 7 atom stereocenters. The van der Waals surface area contributed by atoms with Crippen molar-refractivity contribution in [2.24, 2.45) is 23.7 Å². The summed E-state index contributed by atoms with van der Waals surface area (Å²) >= 11 is 6.41. The number of nitrogens with zero attached hydrogens (tertiary/aromatic N) is 2. The van der Waals surface area contributed by atoms with Gasteiger partial charge in [-0.3, -0.25) is 9.52 Å². The lowest BCUT2D eigenvalue weighted by molar-refractivity contribution is -0.109. The van der Waals surface area contributed by atoms with Crippen LogP contribution < -0.4 is 14.4 Å². The number of aryl methyl sites for hydroxylation is 1. The van der Waals surface area contributed by atoms with Crippen LogP contribution in [0.4, 0.5) is 5.69 Å². The first-order valence-electron chi connectivity index (χ1n) is 18.7. The summed E-state index contributed by atoms with van der Waals surface area (Å²) in [4.78, 5) is 29.7. The van der Waals surface area contributed by atoms with Crippen LogP contribution in [0.1, 0.15) is 121 Å². The summed E-state index contributed by atoms with van der Waals surface area (Å²) < 4.78 is 22.4. The van der Waals surface area contributed by atoms with Crippen molar-refractivity contribution in [2.75, 3.05) is 38.7 Å². The zero-order chi connectivity index (χ0) is 37.2. The van der Waals surface area contributed by atoms with Gasteiger partial charge in [-0.25, -0.2) is 4.21 Å². The van der Waals surface area contributed by atoms with Gasteiger partial charge in [0, 0.05) is 41.6 Å². The minimum absolute atomic E-state index is 0.113. The summed E-state index contributed by atoms with van der Waals surface area (Å²) in [6.45, 7) is 19.4. The van der Waals surface area contributed by atoms with E-state index in [1.54, 1.807) is 6.07 Å². The smallest absolute Gasteiger partial charge is 0.263 e. The molecule has 2 aromatic rings. The van der Waals surface area contributed by atoms with Crippen LogP contribution in [-0.4, -0.2) is 65.9 Å². The number of hydrogen-bond acceptors (Lipinski definition) is 6. The average molecular weight is 731 g/mol. The Morgan fingerprint density at radius 2 is 1.74 bits per heavy atom. The van der Waals surface area contributed by atoms with E-state index >= 15 is 0 Å². The van der Waals surface area contributed by atoms with Crippen molar-refractivity contribution in [3.05, 3.63) is 58.1 Å². The Morgan fingerprint density at radius 1 is 1.04 bits per heavy atom. The Hall–Kier alpha value is -2.42. The molecule has 0 saturated carbocycles. The Kier molecular flexibility index (Phi) is 16.3. The van der Waals surface area contributed by atoms with Gasteiger partial charge in [-0.2, -0.15) is 0 Å². The molecule has 2 bridgehead atoms. The monoisotopic (exact) mass is 729 g/mol. The van der Waals surface area contributed by atoms with Crippen LogP contribution >= 0.6 is 11.6 Å². The molecular formula is C41H64ClN3O4S. The molecule has 0 saturated heterocycles. The zero-order valence-electron chi connectivity index (χ0n) is 32.4. The van der Waals surface area contributed by atoms with E-state index < -0.39 is 11.0 Å². The number of halogens is 1. The summed E-state index contributed by atoms with van der Waals surface area (Å²) in [6.07, 6.45) is 7.46. The van der Waals surface area contributed by atoms with E-state index in [4.69, 9.17) is 16.3 Å². The molecule has 7 nitrogen and oxygen atoms in total. The van der Waals surface area contributed by atoms with Gasteiger partial charge in [0.2, 0.25) is 0 Å². The topological polar surface area (TPSA) is 79.0 Å². The van der Waals surface area contributed by atoms with Crippen molar-refractivity contribution in [3.8, 4) is 5.75 Å². The van der Waals surface area contributed by atoms with Gasteiger partial charge < -0.3 is 19.3 Å². The van der Waals surface area contributed by atoms with Crippen molar-refractivity contribution in [1.82, 2.24) is 9.62 Å². The van der Waals surface area contributed by atoms with Gasteiger partial charge in [0.15, 0.2) is 0 Å². The zero-order valence-corrected chi connectivity index (χ0v) is 34.0. The van der Waals surface area contributed by atoms with Crippen LogP contribution in [0, 0.1) is 23.7 Å². The maximum atomic E-state index is 13.3. The number of carbonyl (C=O) groups is 2. The molecule has 2 heterocycles. The maximum Gasteiger partial charge on any atom is 0.263 e. The van der Waals surface area contributed by atoms with Crippen molar-refractivity contribution in [1.29, 1.82) is 0 Å². The van der Waals surface area contributed by atoms with Gasteiger partial charge in [0.1, 0.15) is 23.0 Å². The predicted molar refractivity (Wildman–Crippen MR) is 211 cm³/mol. The van der Waals surface area contributed by atoms with Crippen LogP contribution in [0.25, 0.3) is 0 Å². The fourth-order valence-electron chi connectivity index (χ4n) is 7.16. The summed E-state index contributed by atoms with van der Waals surface area (Å²) in [7, 11) is 2.66. The quantitative estimate of drug-likeness (QED) is 0.299. The van der Waals surface area contributed by atoms with Crippen LogP contribution in [0.3, 0.4) is 0 Å². The highest BCUT2D eigenvalue weighted by molar-refractivity contribution is 7.84. The van der Waals surface area contributed by atoms with Gasteiger partial charge in [-0.05, 0) is 126 Å². The van der Waals surface area contributed by atoms with E-state index in [1.165, 1.54) is 11.1 Å². The van der Waals surface area contributed by atoms with E-state index in [9.17, 15) is 13.8 Å². The lowest BCUT2D eigenvalue weighted by Crippen LogP contribution is -2.37. The average Bonchev–Trinajstić information content (AvgIpc) is 3.23. The predicted octanol–water partition coefficient (Wildman–Crippen LogP) is 9.09. The fraction of sp³-hybridized carbons (Fsp3) is 0.659. The number of hydrogen-bond donors (Lipinski definition) is 1. The number of fused-ring (bicyclic) bond motifs is 1. The van der Waals surface area contributed by atoms with Crippen molar-refractivity contribution < 1.29 is 18.5 Å². The molecule has 280 valence electrons. The van der Waals surface area contributed by atoms with Gasteiger partial charge in [-0.1, -0.05) is 64.6 Å². The molecule has 2 aromatic carbocycles. The van der Waals surface area contributed by atoms with Crippen LogP contribution in [-0.2, 0) is 22.2 Å². The first kappa shape index (κ1) is 42.0. The third-order valence-corrected chi connectivity index (χ3v) is 12.9. The second-order valence-electron chi connectivity index (χ2n) is 15.8. The summed E-state index contributed by atoms with van der Waals surface area (Å²) in [6, 6.07) is 11.7. The lowest BCUT2D eigenvalue weighted by atomic mass is 9.76. The summed E-state index contributed by atoms with van der Waals surface area (Å²) in [5.74, 6) is 1.71. The number of amides is 1. The molecule has 0 radical (unpaired) electrons. The standard InChI is InChI=1S/C35H49ClN2O4S.C6H15N/c1-6-9-27-18-30(36)13-14-32(27)29-21-38-20-24(4)31(7-2)26(16-17-39)11-8-10-23(3)25(5)43(41)37-35(40)28-12-15-34(42-22-29)33(38)19-28;1-6(2,3)7(4)5/h12-15,17-19,23-26,29,31H,6-11,16,20-22H2,1-5H3,(H,37,40);1-5H3. The lowest BCUT2D eigenvalue weighted by Gasteiger charge is -2.36. The Labute approximate surface area is 310 Å². The van der Waals surface area contributed by atoms with Gasteiger partial charge in [0.05, 0.1) is 17.5 Å². The van der Waals surface area contributed by atoms with Gasteiger partial charge in [0.25, 0.3) is 5.91 Å². The molecule has 0 spiro atoms. The van der Waals surface area contributed by atoms with Crippen LogP contribution in [0.5, 0.6) is 5.75 Å². The molecule has 2 aliphatic heterocycles. The highest BCUT2D eigenvalue weighted by Gasteiger charge is 2.32. The molecule has 0 fully saturated rings. The summed E-state index contributed by atoms with van der Waals surface area (Å²) in [5, 5.41) is 0.563. The molecule has 50 heavy (non-hydrogen) atoms. The minimum Gasteiger partial charge on any atom is -0.491 e. The Morgan fingerprint density at radius 3 is 2.36 bits per heavy atom. The summed E-state index contributed by atoms with van der Waals surface area (Å²) in [5.41, 5.74) is 4.19. The number of rotatable bonds is 6. The highest BCUT2D eigenvalue weighted by Crippen LogP contribution is 2.40. The molecule has 2 aliphatic rings. The normalized spacial score (nSPS) is 26.6. The second kappa shape index (κ2) is 19.4. The SMILES string of the molecule is CCCc1cc(Cl)ccc1C1COc2ccc3cc2N(C1)CC(C)C(CC)C(CC=O)CCCC(C)C(C)S(=O)NC3=O.CN(C)C(C)(C)C.